The molecule has 1 heterocycles. The Kier molecular flexibility index (Phi) is 4.94. The summed E-state index contributed by atoms with van der Waals surface area (Å²) in [5, 5.41) is 10.00. The van der Waals surface area contributed by atoms with Crippen molar-refractivity contribution in [2.45, 2.75) is 45.8 Å². The molecule has 1 aliphatic rings. The van der Waals surface area contributed by atoms with Crippen molar-refractivity contribution >= 4 is 17.7 Å². The van der Waals surface area contributed by atoms with Crippen molar-refractivity contribution in [3.8, 4) is 0 Å². The van der Waals surface area contributed by atoms with Gasteiger partial charge in [-0.3, -0.25) is 4.90 Å². The molecule has 23 heavy (non-hydrogen) atoms. The highest BCUT2D eigenvalue weighted by Crippen LogP contribution is 2.32. The van der Waals surface area contributed by atoms with E-state index < -0.39 is 23.8 Å². The van der Waals surface area contributed by atoms with Crippen molar-refractivity contribution in [3.63, 3.8) is 0 Å². The fourth-order valence-electron chi connectivity index (χ4n) is 2.46. The van der Waals surface area contributed by atoms with Gasteiger partial charge in [-0.05, 0) is 51.3 Å². The smallest absolute Gasteiger partial charge is 0.414 e. The van der Waals surface area contributed by atoms with E-state index in [2.05, 4.69) is 0 Å². The molecule has 6 heteroatoms. The number of rotatable bonds is 3. The summed E-state index contributed by atoms with van der Waals surface area (Å²) < 4.78 is 10.2. The van der Waals surface area contributed by atoms with E-state index in [9.17, 15) is 14.7 Å². The van der Waals surface area contributed by atoms with Gasteiger partial charge in [0.05, 0.1) is 12.3 Å². The first-order chi connectivity index (χ1) is 10.7. The summed E-state index contributed by atoms with van der Waals surface area (Å²) in [6.07, 6.45) is -1.05. The highest BCUT2D eigenvalue weighted by molar-refractivity contribution is 5.90. The molecule has 1 N–H and O–H groups in total. The fourth-order valence-corrected chi connectivity index (χ4v) is 2.46. The van der Waals surface area contributed by atoms with E-state index >= 15 is 0 Å². The lowest BCUT2D eigenvalue weighted by atomic mass is 10.0. The lowest BCUT2D eigenvalue weighted by Gasteiger charge is -2.25. The van der Waals surface area contributed by atoms with Crippen LogP contribution in [-0.2, 0) is 20.7 Å². The molecular weight excluding hydrogens is 298 g/mol. The molecule has 0 radical (unpaired) electrons. The first kappa shape index (κ1) is 17.3. The van der Waals surface area contributed by atoms with Crippen LogP contribution in [0.25, 0.3) is 0 Å². The number of hydrogen-bond acceptors (Lipinski definition) is 5. The van der Waals surface area contributed by atoms with E-state index in [1.165, 1.54) is 0 Å². The summed E-state index contributed by atoms with van der Waals surface area (Å²) >= 11 is 0. The molecule has 2 rings (SSSR count). The van der Waals surface area contributed by atoms with Crippen LogP contribution in [0.3, 0.4) is 0 Å². The number of carbonyl (C=O) groups excluding carboxylic acids is 2. The van der Waals surface area contributed by atoms with Crippen LogP contribution in [0.1, 0.15) is 44.9 Å². The van der Waals surface area contributed by atoms with E-state index in [4.69, 9.17) is 9.47 Å². The molecule has 0 spiro atoms. The minimum Gasteiger partial charge on any atom is -0.464 e. The molecular formula is C17H23NO5. The third-order valence-electron chi connectivity index (χ3n) is 3.44. The largest absolute Gasteiger partial charge is 0.464 e. The number of amides is 1. The molecule has 0 fully saturated rings. The number of benzene rings is 1. The molecule has 1 amide bonds. The molecule has 0 bridgehead atoms. The van der Waals surface area contributed by atoms with Gasteiger partial charge in [0.2, 0.25) is 0 Å². The second-order valence-electron chi connectivity index (χ2n) is 6.42. The topological polar surface area (TPSA) is 76.1 Å². The van der Waals surface area contributed by atoms with Gasteiger partial charge in [0, 0.05) is 6.54 Å². The summed E-state index contributed by atoms with van der Waals surface area (Å²) in [7, 11) is 0. The molecule has 1 atom stereocenters. The highest BCUT2D eigenvalue weighted by Gasteiger charge is 2.30. The first-order valence-electron chi connectivity index (χ1n) is 7.71. The van der Waals surface area contributed by atoms with E-state index in [-0.39, 0.29) is 6.61 Å². The standard InChI is InChI=1S/C17H23NO5/c1-5-22-15(20)14(19)12-6-7-13-11(10-12)8-9-18(13)16(21)23-17(2,3)4/h6-7,10,14,19H,5,8-9H2,1-4H3. The number of nitrogens with zero attached hydrogens (tertiary/aromatic N) is 1. The Morgan fingerprint density at radius 2 is 2.04 bits per heavy atom. The second-order valence-corrected chi connectivity index (χ2v) is 6.42. The molecule has 0 saturated heterocycles. The summed E-state index contributed by atoms with van der Waals surface area (Å²) in [5.41, 5.74) is 1.56. The SMILES string of the molecule is CCOC(=O)C(O)c1ccc2c(c1)CCN2C(=O)OC(C)(C)C. The molecule has 1 aliphatic heterocycles. The molecule has 6 nitrogen and oxygen atoms in total. The average Bonchev–Trinajstić information content (AvgIpc) is 2.87. The maximum atomic E-state index is 12.2. The van der Waals surface area contributed by atoms with Gasteiger partial charge in [0.25, 0.3) is 0 Å². The third-order valence-corrected chi connectivity index (χ3v) is 3.44. The predicted molar refractivity (Wildman–Crippen MR) is 85.3 cm³/mol. The van der Waals surface area contributed by atoms with Crippen LogP contribution in [0, 0.1) is 0 Å². The number of esters is 1. The van der Waals surface area contributed by atoms with Gasteiger partial charge in [0.1, 0.15) is 5.60 Å². The van der Waals surface area contributed by atoms with E-state index in [0.29, 0.717) is 18.5 Å². The number of carbonyl (C=O) groups is 2. The van der Waals surface area contributed by atoms with Crippen molar-refractivity contribution < 1.29 is 24.2 Å². The van der Waals surface area contributed by atoms with Crippen LogP contribution in [-0.4, -0.2) is 35.9 Å². The van der Waals surface area contributed by atoms with Gasteiger partial charge in [-0.25, -0.2) is 9.59 Å². The number of hydrogen-bond donors (Lipinski definition) is 1. The van der Waals surface area contributed by atoms with Crippen molar-refractivity contribution in [2.75, 3.05) is 18.1 Å². The summed E-state index contributed by atoms with van der Waals surface area (Å²) in [6, 6.07) is 5.09. The molecule has 1 aromatic carbocycles. The van der Waals surface area contributed by atoms with Crippen molar-refractivity contribution in [1.82, 2.24) is 0 Å². The Balaban J connectivity index is 2.17. The van der Waals surface area contributed by atoms with Crippen molar-refractivity contribution in [3.05, 3.63) is 29.3 Å². The van der Waals surface area contributed by atoms with Gasteiger partial charge < -0.3 is 14.6 Å². The van der Waals surface area contributed by atoms with Crippen LogP contribution >= 0.6 is 0 Å². The average molecular weight is 321 g/mol. The zero-order valence-corrected chi connectivity index (χ0v) is 14.0. The highest BCUT2D eigenvalue weighted by atomic mass is 16.6. The van der Waals surface area contributed by atoms with E-state index in [1.54, 1.807) is 30.0 Å². The summed E-state index contributed by atoms with van der Waals surface area (Å²) in [4.78, 5) is 25.4. The Morgan fingerprint density at radius 1 is 1.35 bits per heavy atom. The summed E-state index contributed by atoms with van der Waals surface area (Å²) in [5.74, 6) is -0.672. The number of aliphatic hydroxyl groups is 1. The lowest BCUT2D eigenvalue weighted by Crippen LogP contribution is -2.35. The van der Waals surface area contributed by atoms with Gasteiger partial charge in [0.15, 0.2) is 6.10 Å². The predicted octanol–water partition coefficient (Wildman–Crippen LogP) is 2.58. The molecule has 0 aliphatic carbocycles. The molecule has 0 saturated carbocycles. The van der Waals surface area contributed by atoms with E-state index in [1.807, 2.05) is 20.8 Å². The molecule has 1 unspecified atom stereocenters. The van der Waals surface area contributed by atoms with Gasteiger partial charge >= 0.3 is 12.1 Å². The monoisotopic (exact) mass is 321 g/mol. The Morgan fingerprint density at radius 3 is 2.65 bits per heavy atom. The lowest BCUT2D eigenvalue weighted by molar-refractivity contribution is -0.153. The van der Waals surface area contributed by atoms with Gasteiger partial charge in [-0.15, -0.1) is 0 Å². The number of fused-ring (bicyclic) bond motifs is 1. The zero-order chi connectivity index (χ0) is 17.2. The normalized spacial score (nSPS) is 15.1. The second kappa shape index (κ2) is 6.58. The zero-order valence-electron chi connectivity index (χ0n) is 14.0. The quantitative estimate of drug-likeness (QED) is 0.866. The molecule has 126 valence electrons. The summed E-state index contributed by atoms with van der Waals surface area (Å²) in [6.45, 7) is 7.88. The van der Waals surface area contributed by atoms with Crippen LogP contribution in [0.15, 0.2) is 18.2 Å². The minimum absolute atomic E-state index is 0.216. The molecule has 0 aromatic heterocycles. The van der Waals surface area contributed by atoms with Gasteiger partial charge in [-0.1, -0.05) is 12.1 Å². The fraction of sp³-hybridized carbons (Fsp3) is 0.529. The third kappa shape index (κ3) is 4.01. The minimum atomic E-state index is -1.31. The number of anilines is 1. The van der Waals surface area contributed by atoms with Crippen LogP contribution in [0.5, 0.6) is 0 Å². The van der Waals surface area contributed by atoms with Crippen molar-refractivity contribution in [1.29, 1.82) is 0 Å². The maximum Gasteiger partial charge on any atom is 0.414 e. The van der Waals surface area contributed by atoms with Crippen LogP contribution in [0.2, 0.25) is 0 Å². The van der Waals surface area contributed by atoms with Gasteiger partial charge in [-0.2, -0.15) is 0 Å². The van der Waals surface area contributed by atoms with Crippen LogP contribution < -0.4 is 4.90 Å². The van der Waals surface area contributed by atoms with E-state index in [0.717, 1.165) is 11.3 Å². The Bertz CT molecular complexity index is 605. The number of ether oxygens (including phenoxy) is 2. The Labute approximate surface area is 136 Å². The van der Waals surface area contributed by atoms with Crippen LogP contribution in [0.4, 0.5) is 10.5 Å². The maximum absolute atomic E-state index is 12.2. The van der Waals surface area contributed by atoms with Crippen molar-refractivity contribution in [2.24, 2.45) is 0 Å². The molecule has 1 aromatic rings. The first-order valence-corrected chi connectivity index (χ1v) is 7.71. The number of aliphatic hydroxyl groups excluding tert-OH is 1. The Hall–Kier alpha value is -2.08.